The highest BCUT2D eigenvalue weighted by Gasteiger charge is 2.19. The molecule has 0 radical (unpaired) electrons. The van der Waals surface area contributed by atoms with Crippen LogP contribution in [-0.2, 0) is 6.54 Å². The van der Waals surface area contributed by atoms with Gasteiger partial charge in [0.15, 0.2) is 0 Å². The van der Waals surface area contributed by atoms with Crippen molar-refractivity contribution in [3.63, 3.8) is 0 Å². The van der Waals surface area contributed by atoms with Crippen LogP contribution in [0.5, 0.6) is 0 Å². The average Bonchev–Trinajstić information content (AvgIpc) is 3.13. The molecular weight excluding hydrogens is 334 g/mol. The van der Waals surface area contributed by atoms with Crippen LogP contribution >= 0.6 is 0 Å². The minimum absolute atomic E-state index is 0.614. The lowest BCUT2D eigenvalue weighted by molar-refractivity contribution is 0.174. The van der Waals surface area contributed by atoms with E-state index in [0.717, 1.165) is 42.4 Å². The molecule has 0 spiro atoms. The molecule has 2 aromatic carbocycles. The molecule has 27 heavy (non-hydrogen) atoms. The maximum absolute atomic E-state index is 9.18. The van der Waals surface area contributed by atoms with Gasteiger partial charge >= 0.3 is 0 Å². The number of anilines is 1. The minimum atomic E-state index is 0.614. The van der Waals surface area contributed by atoms with Crippen molar-refractivity contribution >= 4 is 17.0 Å². The molecule has 1 aliphatic rings. The quantitative estimate of drug-likeness (QED) is 0.694. The van der Waals surface area contributed by atoms with E-state index in [1.807, 2.05) is 12.1 Å². The lowest BCUT2D eigenvalue weighted by Gasteiger charge is -2.32. The minimum Gasteiger partial charge on any atom is -0.356 e. The zero-order valence-electron chi connectivity index (χ0n) is 15.5. The highest BCUT2D eigenvalue weighted by Crippen LogP contribution is 2.22. The smallest absolute Gasteiger partial charge is 0.201 e. The van der Waals surface area contributed by atoms with E-state index in [1.165, 1.54) is 31.5 Å². The van der Waals surface area contributed by atoms with Crippen molar-refractivity contribution in [3.05, 3.63) is 59.7 Å². The fourth-order valence-corrected chi connectivity index (χ4v) is 3.88. The zero-order valence-corrected chi connectivity index (χ0v) is 15.5. The number of nitriles is 1. The van der Waals surface area contributed by atoms with Crippen molar-refractivity contribution in [3.8, 4) is 6.07 Å². The van der Waals surface area contributed by atoms with Crippen molar-refractivity contribution in [2.45, 2.75) is 25.8 Å². The number of imidazole rings is 1. The fourth-order valence-electron chi connectivity index (χ4n) is 3.88. The van der Waals surface area contributed by atoms with Crippen LogP contribution in [0.1, 0.15) is 30.4 Å². The molecule has 2 N–H and O–H groups in total. The number of H-pyrrole nitrogens is 1. The van der Waals surface area contributed by atoms with E-state index >= 15 is 0 Å². The van der Waals surface area contributed by atoms with Crippen molar-refractivity contribution in [1.29, 1.82) is 5.26 Å². The van der Waals surface area contributed by atoms with Crippen molar-refractivity contribution in [2.24, 2.45) is 5.92 Å². The van der Waals surface area contributed by atoms with E-state index in [4.69, 9.17) is 0 Å². The Morgan fingerprint density at radius 3 is 2.70 bits per heavy atom. The second-order valence-electron chi connectivity index (χ2n) is 7.32. The van der Waals surface area contributed by atoms with E-state index in [0.29, 0.717) is 5.56 Å². The van der Waals surface area contributed by atoms with Crippen LogP contribution in [0.15, 0.2) is 48.5 Å². The summed E-state index contributed by atoms with van der Waals surface area (Å²) in [6.45, 7) is 4.32. The van der Waals surface area contributed by atoms with E-state index in [2.05, 4.69) is 56.6 Å². The van der Waals surface area contributed by atoms with Gasteiger partial charge in [-0.3, -0.25) is 4.90 Å². The third-order valence-electron chi connectivity index (χ3n) is 5.43. The first-order chi connectivity index (χ1) is 13.3. The lowest BCUT2D eigenvalue weighted by Crippen LogP contribution is -2.33. The molecule has 1 saturated heterocycles. The number of hydrogen-bond acceptors (Lipinski definition) is 4. The largest absolute Gasteiger partial charge is 0.356 e. The summed E-state index contributed by atoms with van der Waals surface area (Å²) in [7, 11) is 0. The van der Waals surface area contributed by atoms with Gasteiger partial charge in [-0.1, -0.05) is 36.4 Å². The average molecular weight is 359 g/mol. The predicted molar refractivity (Wildman–Crippen MR) is 108 cm³/mol. The molecule has 0 bridgehead atoms. The Kier molecular flexibility index (Phi) is 5.36. The number of para-hydroxylation sites is 1. The highest BCUT2D eigenvalue weighted by atomic mass is 15.1. The molecule has 0 aliphatic carbocycles. The van der Waals surface area contributed by atoms with Crippen LogP contribution in [0.2, 0.25) is 0 Å². The Morgan fingerprint density at radius 1 is 1.11 bits per heavy atom. The van der Waals surface area contributed by atoms with E-state index in [-0.39, 0.29) is 0 Å². The maximum Gasteiger partial charge on any atom is 0.201 e. The number of benzene rings is 2. The summed E-state index contributed by atoms with van der Waals surface area (Å²) in [4.78, 5) is 10.3. The monoisotopic (exact) mass is 359 g/mol. The highest BCUT2D eigenvalue weighted by molar-refractivity contribution is 5.83. The Labute approximate surface area is 160 Å². The Hall–Kier alpha value is -2.84. The number of rotatable bonds is 6. The van der Waals surface area contributed by atoms with E-state index in [1.54, 1.807) is 6.07 Å². The van der Waals surface area contributed by atoms with Gasteiger partial charge in [0, 0.05) is 13.1 Å². The molecule has 0 saturated carbocycles. The Bertz CT molecular complexity index is 917. The van der Waals surface area contributed by atoms with Gasteiger partial charge in [0.2, 0.25) is 5.95 Å². The van der Waals surface area contributed by atoms with Crippen molar-refractivity contribution < 1.29 is 0 Å². The predicted octanol–water partition coefficient (Wildman–Crippen LogP) is 4.15. The fraction of sp³-hybridized carbons (Fsp3) is 0.364. The molecular formula is C22H25N5. The second kappa shape index (κ2) is 8.24. The molecule has 1 aliphatic heterocycles. The third kappa shape index (κ3) is 4.29. The first-order valence-corrected chi connectivity index (χ1v) is 9.71. The van der Waals surface area contributed by atoms with Crippen LogP contribution in [0.3, 0.4) is 0 Å². The lowest BCUT2D eigenvalue weighted by atomic mass is 9.93. The van der Waals surface area contributed by atoms with Crippen molar-refractivity contribution in [1.82, 2.24) is 14.9 Å². The topological polar surface area (TPSA) is 67.7 Å². The van der Waals surface area contributed by atoms with Crippen LogP contribution in [0.25, 0.3) is 11.0 Å². The summed E-state index contributed by atoms with van der Waals surface area (Å²) in [6, 6.07) is 18.6. The number of fused-ring (bicyclic) bond motifs is 1. The summed E-state index contributed by atoms with van der Waals surface area (Å²) >= 11 is 0. The molecule has 2 heterocycles. The van der Waals surface area contributed by atoms with E-state index < -0.39 is 0 Å². The van der Waals surface area contributed by atoms with Gasteiger partial charge in [-0.05, 0) is 56.0 Å². The zero-order chi connectivity index (χ0) is 18.5. The number of nitrogens with zero attached hydrogens (tertiary/aromatic N) is 3. The van der Waals surface area contributed by atoms with Crippen LogP contribution in [0.4, 0.5) is 5.95 Å². The number of nitrogens with one attached hydrogen (secondary N) is 2. The molecule has 0 unspecified atom stereocenters. The number of aromatic nitrogens is 2. The molecule has 3 aromatic rings. The normalized spacial score (nSPS) is 15.7. The number of piperidine rings is 1. The standard InChI is InChI=1S/C22H25N5/c23-15-19-7-4-8-20-21(19)26-22(25-20)24-12-9-17-10-13-27(14-11-17)16-18-5-2-1-3-6-18/h1-8,17H,9-14,16H2,(H2,24,25,26). The van der Waals surface area contributed by atoms with Crippen LogP contribution in [0, 0.1) is 17.2 Å². The molecule has 4 rings (SSSR count). The molecule has 1 fully saturated rings. The Morgan fingerprint density at radius 2 is 1.93 bits per heavy atom. The molecule has 138 valence electrons. The van der Waals surface area contributed by atoms with Crippen LogP contribution in [-0.4, -0.2) is 34.5 Å². The molecule has 5 heteroatoms. The van der Waals surface area contributed by atoms with Crippen LogP contribution < -0.4 is 5.32 Å². The SMILES string of the molecule is N#Cc1cccc2[nH]c(NCCC3CCN(Cc4ccccc4)CC3)nc12. The third-order valence-corrected chi connectivity index (χ3v) is 5.43. The van der Waals surface area contributed by atoms with Crippen molar-refractivity contribution in [2.75, 3.05) is 25.0 Å². The van der Waals surface area contributed by atoms with Gasteiger partial charge in [-0.15, -0.1) is 0 Å². The molecule has 5 nitrogen and oxygen atoms in total. The summed E-state index contributed by atoms with van der Waals surface area (Å²) < 4.78 is 0. The number of hydrogen-bond donors (Lipinski definition) is 2. The first kappa shape index (κ1) is 17.6. The van der Waals surface area contributed by atoms with Gasteiger partial charge in [0.25, 0.3) is 0 Å². The molecule has 0 atom stereocenters. The van der Waals surface area contributed by atoms with Gasteiger partial charge in [-0.2, -0.15) is 5.26 Å². The van der Waals surface area contributed by atoms with Gasteiger partial charge in [-0.25, -0.2) is 4.98 Å². The number of aromatic amines is 1. The van der Waals surface area contributed by atoms with E-state index in [9.17, 15) is 5.26 Å². The summed E-state index contributed by atoms with van der Waals surface area (Å²) in [5, 5.41) is 12.6. The van der Waals surface area contributed by atoms with Gasteiger partial charge in [0.05, 0.1) is 11.1 Å². The summed E-state index contributed by atoms with van der Waals surface area (Å²) in [5.74, 6) is 1.53. The molecule has 0 amide bonds. The maximum atomic E-state index is 9.18. The van der Waals surface area contributed by atoms with Gasteiger partial charge in [0.1, 0.15) is 11.6 Å². The first-order valence-electron chi connectivity index (χ1n) is 9.71. The Balaban J connectivity index is 1.23. The summed E-state index contributed by atoms with van der Waals surface area (Å²) in [5.41, 5.74) is 3.67. The summed E-state index contributed by atoms with van der Waals surface area (Å²) in [6.07, 6.45) is 3.67. The van der Waals surface area contributed by atoms with Gasteiger partial charge < -0.3 is 10.3 Å². The second-order valence-corrected chi connectivity index (χ2v) is 7.32. The molecule has 1 aromatic heterocycles. The number of likely N-dealkylation sites (tertiary alicyclic amines) is 1.